The molecule has 266 valence electrons. The predicted octanol–water partition coefficient (Wildman–Crippen LogP) is -0.138. The third kappa shape index (κ3) is 12.5. The first kappa shape index (κ1) is 39.6. The zero-order valence-corrected chi connectivity index (χ0v) is 27.6. The highest BCUT2D eigenvalue weighted by Gasteiger charge is 2.57. The van der Waals surface area contributed by atoms with E-state index in [1.807, 2.05) is 0 Å². The van der Waals surface area contributed by atoms with Gasteiger partial charge in [-0.05, 0) is 0 Å². The quantitative estimate of drug-likeness (QED) is 0.131. The fraction of sp³-hybridized carbons (Fsp3) is 0.750. The molecule has 0 aliphatic carbocycles. The molecule has 0 amide bonds. The molecule has 0 spiro atoms. The Morgan fingerprint density at radius 2 is 0.851 bits per heavy atom. The molecule has 0 unspecified atom stereocenters. The molecule has 47 heavy (non-hydrogen) atoms. The number of ether oxygens (including phenoxy) is 11. The summed E-state index contributed by atoms with van der Waals surface area (Å²) in [6.45, 7) is 6.29. The largest absolute Gasteiger partial charge is 0.463 e. The van der Waals surface area contributed by atoms with E-state index in [1.165, 1.54) is 0 Å². The van der Waals surface area contributed by atoms with E-state index >= 15 is 0 Å². The molecule has 2 aliphatic rings. The summed E-state index contributed by atoms with van der Waals surface area (Å²) in [4.78, 5) is 84.4. The van der Waals surface area contributed by atoms with Crippen molar-refractivity contribution in [3.05, 3.63) is 0 Å². The van der Waals surface area contributed by atoms with Gasteiger partial charge >= 0.3 is 41.8 Å². The Morgan fingerprint density at radius 3 is 1.23 bits per heavy atom. The number of carbonyl (C=O) groups excluding carboxylic acids is 7. The van der Waals surface area contributed by atoms with Crippen LogP contribution in [0, 0.1) is 0 Å². The lowest BCUT2D eigenvalue weighted by Crippen LogP contribution is -2.67. The monoisotopic (exact) mass is 698 g/mol. The SMILES string of the molecule is CC(=O)OC[C@H]1O[C@H](O[C@@H]2[C@@H](OCCCl)O[C@H](COC(C)=O)[C@@H](OC(C)=O)[C@@H]2OC(C)=O)[C@@H](OC(C)=O)[C@@H](OC(C)=O)[C@@H]1OC(C)=O. The Morgan fingerprint density at radius 1 is 0.489 bits per heavy atom. The Bertz CT molecular complexity index is 1140. The minimum atomic E-state index is -1.77. The van der Waals surface area contributed by atoms with Gasteiger partial charge in [-0.2, -0.15) is 0 Å². The summed E-state index contributed by atoms with van der Waals surface area (Å²) < 4.78 is 61.3. The lowest BCUT2D eigenvalue weighted by Gasteiger charge is -2.48. The van der Waals surface area contributed by atoms with Crippen LogP contribution in [0.3, 0.4) is 0 Å². The number of hydrogen-bond donors (Lipinski definition) is 0. The van der Waals surface area contributed by atoms with Crippen molar-refractivity contribution >= 4 is 53.4 Å². The predicted molar refractivity (Wildman–Crippen MR) is 150 cm³/mol. The first-order valence-corrected chi connectivity index (χ1v) is 14.8. The van der Waals surface area contributed by atoms with Crippen LogP contribution < -0.4 is 0 Å². The third-order valence-electron chi connectivity index (χ3n) is 6.24. The molecule has 19 heteroatoms. The van der Waals surface area contributed by atoms with Gasteiger partial charge in [0.25, 0.3) is 0 Å². The summed E-state index contributed by atoms with van der Waals surface area (Å²) in [7, 11) is 0. The van der Waals surface area contributed by atoms with Crippen LogP contribution in [0.15, 0.2) is 0 Å². The van der Waals surface area contributed by atoms with Crippen LogP contribution in [0.1, 0.15) is 48.5 Å². The molecule has 18 nitrogen and oxygen atoms in total. The summed E-state index contributed by atoms with van der Waals surface area (Å²) in [6.07, 6.45) is -15.3. The average molecular weight is 699 g/mol. The van der Waals surface area contributed by atoms with Crippen LogP contribution in [0.5, 0.6) is 0 Å². The van der Waals surface area contributed by atoms with Gasteiger partial charge in [0, 0.05) is 54.3 Å². The number of carbonyl (C=O) groups is 7. The van der Waals surface area contributed by atoms with Crippen LogP contribution >= 0.6 is 11.6 Å². The van der Waals surface area contributed by atoms with Crippen molar-refractivity contribution < 1.29 is 85.7 Å². The van der Waals surface area contributed by atoms with Crippen LogP contribution in [0.2, 0.25) is 0 Å². The molecule has 10 atom stereocenters. The van der Waals surface area contributed by atoms with E-state index in [9.17, 15) is 33.6 Å². The minimum absolute atomic E-state index is 0.0498. The zero-order chi connectivity index (χ0) is 35.4. The topological polar surface area (TPSA) is 221 Å². The molecule has 0 N–H and O–H groups in total. The van der Waals surface area contributed by atoms with E-state index < -0.39 is 116 Å². The van der Waals surface area contributed by atoms with Crippen molar-refractivity contribution in [1.29, 1.82) is 0 Å². The lowest BCUT2D eigenvalue weighted by molar-refractivity contribution is -0.368. The van der Waals surface area contributed by atoms with Crippen molar-refractivity contribution in [2.75, 3.05) is 25.7 Å². The maximum atomic E-state index is 12.3. The van der Waals surface area contributed by atoms with Crippen molar-refractivity contribution in [3.8, 4) is 0 Å². The van der Waals surface area contributed by atoms with E-state index in [1.54, 1.807) is 0 Å². The summed E-state index contributed by atoms with van der Waals surface area (Å²) in [5, 5.41) is 0. The van der Waals surface area contributed by atoms with E-state index in [4.69, 9.17) is 63.7 Å². The maximum absolute atomic E-state index is 12.3. The van der Waals surface area contributed by atoms with E-state index in [0.717, 1.165) is 48.5 Å². The highest BCUT2D eigenvalue weighted by atomic mass is 35.5. The van der Waals surface area contributed by atoms with Crippen molar-refractivity contribution in [3.63, 3.8) is 0 Å². The van der Waals surface area contributed by atoms with Crippen LogP contribution in [0.4, 0.5) is 0 Å². The second-order valence-corrected chi connectivity index (χ2v) is 10.6. The zero-order valence-electron chi connectivity index (χ0n) is 26.8. The Kier molecular flexibility index (Phi) is 15.7. The molecular weight excluding hydrogens is 660 g/mol. The smallest absolute Gasteiger partial charge is 0.303 e. The lowest BCUT2D eigenvalue weighted by atomic mass is 9.96. The van der Waals surface area contributed by atoms with E-state index in [0.29, 0.717) is 0 Å². The number of rotatable bonds is 14. The Labute approximate surface area is 274 Å². The minimum Gasteiger partial charge on any atom is -0.463 e. The normalized spacial score (nSPS) is 30.2. The highest BCUT2D eigenvalue weighted by Crippen LogP contribution is 2.35. The van der Waals surface area contributed by atoms with Gasteiger partial charge in [-0.3, -0.25) is 33.6 Å². The van der Waals surface area contributed by atoms with Crippen molar-refractivity contribution in [2.45, 2.75) is 110 Å². The summed E-state index contributed by atoms with van der Waals surface area (Å²) >= 11 is 5.84. The fourth-order valence-electron chi connectivity index (χ4n) is 4.76. The first-order valence-electron chi connectivity index (χ1n) is 14.3. The van der Waals surface area contributed by atoms with E-state index in [-0.39, 0.29) is 12.5 Å². The van der Waals surface area contributed by atoms with Gasteiger partial charge in [0.15, 0.2) is 49.2 Å². The summed E-state index contributed by atoms with van der Waals surface area (Å²) in [5.74, 6) is -5.85. The fourth-order valence-corrected chi connectivity index (χ4v) is 4.85. The molecule has 2 fully saturated rings. The molecule has 0 aromatic rings. The molecule has 0 radical (unpaired) electrons. The van der Waals surface area contributed by atoms with Crippen LogP contribution in [0.25, 0.3) is 0 Å². The standard InChI is InChI=1S/C28H39ClO18/c1-12(30)38-10-19-21(40-14(3)32)23(42-16(5)34)25(27(45-19)37-9-8-29)47-28-26(44-18(7)36)24(43-17(6)35)22(41-15(4)33)20(46-28)11-39-13(2)31/h19-28H,8-11H2,1-7H3/t19-,20-,21-,22-,23+,24+,25+,26+,27+,28-/m1/s1. The maximum Gasteiger partial charge on any atom is 0.303 e. The summed E-state index contributed by atoms with van der Waals surface area (Å²) in [5.41, 5.74) is 0. The third-order valence-corrected chi connectivity index (χ3v) is 6.40. The molecule has 2 rings (SSSR count). The van der Waals surface area contributed by atoms with Gasteiger partial charge in [-0.15, -0.1) is 11.6 Å². The first-order chi connectivity index (χ1) is 22.0. The molecule has 0 aromatic heterocycles. The van der Waals surface area contributed by atoms with Gasteiger partial charge in [-0.25, -0.2) is 0 Å². The number of esters is 7. The second kappa shape index (κ2) is 18.7. The van der Waals surface area contributed by atoms with Gasteiger partial charge in [0.1, 0.15) is 25.4 Å². The average Bonchev–Trinajstić information content (AvgIpc) is 2.94. The molecular formula is C28H39ClO18. The number of hydrogen-bond acceptors (Lipinski definition) is 18. The van der Waals surface area contributed by atoms with Crippen molar-refractivity contribution in [1.82, 2.24) is 0 Å². The van der Waals surface area contributed by atoms with E-state index in [2.05, 4.69) is 0 Å². The molecule has 0 bridgehead atoms. The molecule has 2 aliphatic heterocycles. The van der Waals surface area contributed by atoms with Gasteiger partial charge in [0.05, 0.1) is 6.61 Å². The van der Waals surface area contributed by atoms with Crippen LogP contribution in [-0.4, -0.2) is 129 Å². The summed E-state index contributed by atoms with van der Waals surface area (Å²) in [6, 6.07) is 0. The second-order valence-electron chi connectivity index (χ2n) is 10.2. The molecule has 0 saturated carbocycles. The van der Waals surface area contributed by atoms with Gasteiger partial charge in [0.2, 0.25) is 0 Å². The highest BCUT2D eigenvalue weighted by molar-refractivity contribution is 6.17. The molecule has 2 saturated heterocycles. The van der Waals surface area contributed by atoms with Gasteiger partial charge < -0.3 is 52.1 Å². The van der Waals surface area contributed by atoms with Gasteiger partial charge in [-0.1, -0.05) is 0 Å². The Balaban J connectivity index is 2.69. The Hall–Kier alpha value is -3.58. The number of alkyl halides is 1. The molecule has 0 aromatic carbocycles. The van der Waals surface area contributed by atoms with Crippen LogP contribution in [-0.2, 0) is 85.7 Å². The molecule has 2 heterocycles. The number of halogens is 1. The van der Waals surface area contributed by atoms with Crippen molar-refractivity contribution in [2.24, 2.45) is 0 Å².